The molecule has 4 nitrogen and oxygen atoms in total. The van der Waals surface area contributed by atoms with Crippen LogP contribution in [0.25, 0.3) is 0 Å². The van der Waals surface area contributed by atoms with Crippen LogP contribution in [0.4, 0.5) is 0 Å². The molecule has 0 bridgehead atoms. The van der Waals surface area contributed by atoms with Gasteiger partial charge in [0, 0.05) is 28.6 Å². The largest absolute Gasteiger partial charge is 0.493 e. The molecule has 0 spiro atoms. The summed E-state index contributed by atoms with van der Waals surface area (Å²) in [6.07, 6.45) is 0.0444. The Morgan fingerprint density at radius 2 is 1.96 bits per heavy atom. The van der Waals surface area contributed by atoms with Gasteiger partial charge in [-0.25, -0.2) is 0 Å². The summed E-state index contributed by atoms with van der Waals surface area (Å²) in [6.45, 7) is 0.768. The lowest BCUT2D eigenvalue weighted by molar-refractivity contribution is 0.0916. The smallest absolute Gasteiger partial charge is 0.251 e. The number of carbonyl (C=O) groups is 1. The van der Waals surface area contributed by atoms with E-state index >= 15 is 0 Å². The second-order valence-electron chi connectivity index (χ2n) is 5.35. The number of aliphatic hydroxyl groups is 1. The van der Waals surface area contributed by atoms with Crippen molar-refractivity contribution in [3.8, 4) is 5.75 Å². The van der Waals surface area contributed by atoms with Crippen molar-refractivity contribution in [3.63, 3.8) is 0 Å². The Balaban J connectivity index is 1.64. The Hall–Kier alpha value is -1.75. The lowest BCUT2D eigenvalue weighted by Gasteiger charge is -2.13. The summed E-state index contributed by atoms with van der Waals surface area (Å²) in [4.78, 5) is 12.1. The molecule has 2 aromatic carbocycles. The molecule has 0 aromatic heterocycles. The maximum absolute atomic E-state index is 12.1. The van der Waals surface area contributed by atoms with Gasteiger partial charge in [0.25, 0.3) is 5.91 Å². The average molecular weight is 352 g/mol. The number of aliphatic hydroxyl groups excluding tert-OH is 1. The van der Waals surface area contributed by atoms with E-state index in [-0.39, 0.29) is 12.5 Å². The van der Waals surface area contributed by atoms with E-state index in [0.717, 1.165) is 23.3 Å². The van der Waals surface area contributed by atoms with Crippen LogP contribution in [0.1, 0.15) is 27.6 Å². The van der Waals surface area contributed by atoms with Crippen LogP contribution in [0, 0.1) is 0 Å². The number of fused-ring (bicyclic) bond motifs is 1. The number of amides is 1. The predicted octanol–water partition coefficient (Wildman–Crippen LogP) is 3.39. The topological polar surface area (TPSA) is 58.6 Å². The zero-order chi connectivity index (χ0) is 16.4. The minimum absolute atomic E-state index is 0.0998. The molecule has 6 heteroatoms. The van der Waals surface area contributed by atoms with Gasteiger partial charge in [-0.2, -0.15) is 0 Å². The molecular formula is C17H15Cl2NO3. The standard InChI is InChI=1S/C17H15Cl2NO3/c18-13-6-12(7-14(19)8-13)17(22)20-9-15(21)10-1-2-16-11(5-10)3-4-23-16/h1-2,5-8,15,21H,3-4,9H2,(H,20,22). The molecule has 120 valence electrons. The zero-order valence-corrected chi connectivity index (χ0v) is 13.7. The van der Waals surface area contributed by atoms with E-state index in [2.05, 4.69) is 5.32 Å². The van der Waals surface area contributed by atoms with Crippen LogP contribution in [0.5, 0.6) is 5.75 Å². The van der Waals surface area contributed by atoms with Gasteiger partial charge in [0.2, 0.25) is 0 Å². The van der Waals surface area contributed by atoms with Crippen LogP contribution in [0.3, 0.4) is 0 Å². The number of hydrogen-bond acceptors (Lipinski definition) is 3. The fourth-order valence-electron chi connectivity index (χ4n) is 2.51. The van der Waals surface area contributed by atoms with Crippen molar-refractivity contribution < 1.29 is 14.6 Å². The van der Waals surface area contributed by atoms with E-state index in [0.29, 0.717) is 22.2 Å². The van der Waals surface area contributed by atoms with Crippen LogP contribution in [0.15, 0.2) is 36.4 Å². The number of benzene rings is 2. The third-order valence-electron chi connectivity index (χ3n) is 3.68. The number of nitrogens with one attached hydrogen (secondary N) is 1. The number of carbonyl (C=O) groups excluding carboxylic acids is 1. The predicted molar refractivity (Wildman–Crippen MR) is 89.4 cm³/mol. The molecule has 1 atom stereocenters. The lowest BCUT2D eigenvalue weighted by Crippen LogP contribution is -2.28. The molecule has 1 heterocycles. The van der Waals surface area contributed by atoms with Gasteiger partial charge in [-0.1, -0.05) is 29.3 Å². The van der Waals surface area contributed by atoms with Gasteiger partial charge in [-0.15, -0.1) is 0 Å². The summed E-state index contributed by atoms with van der Waals surface area (Å²) in [5.41, 5.74) is 2.19. The van der Waals surface area contributed by atoms with Crippen molar-refractivity contribution in [1.82, 2.24) is 5.32 Å². The molecule has 1 unspecified atom stereocenters. The first-order valence-corrected chi connectivity index (χ1v) is 7.96. The van der Waals surface area contributed by atoms with E-state index in [4.69, 9.17) is 27.9 Å². The number of hydrogen-bond donors (Lipinski definition) is 2. The van der Waals surface area contributed by atoms with Crippen molar-refractivity contribution in [2.75, 3.05) is 13.2 Å². The minimum Gasteiger partial charge on any atom is -0.493 e. The molecule has 3 rings (SSSR count). The minimum atomic E-state index is -0.792. The number of halogens is 2. The second-order valence-corrected chi connectivity index (χ2v) is 6.22. The van der Waals surface area contributed by atoms with Crippen LogP contribution in [-0.4, -0.2) is 24.2 Å². The van der Waals surface area contributed by atoms with E-state index in [1.54, 1.807) is 12.1 Å². The third-order valence-corrected chi connectivity index (χ3v) is 4.12. The lowest BCUT2D eigenvalue weighted by atomic mass is 10.0. The van der Waals surface area contributed by atoms with E-state index in [9.17, 15) is 9.90 Å². The highest BCUT2D eigenvalue weighted by Crippen LogP contribution is 2.28. The maximum Gasteiger partial charge on any atom is 0.251 e. The molecule has 1 aliphatic heterocycles. The molecule has 0 radical (unpaired) electrons. The van der Waals surface area contributed by atoms with Gasteiger partial charge in [0.05, 0.1) is 12.7 Å². The normalized spacial score (nSPS) is 14.0. The molecule has 23 heavy (non-hydrogen) atoms. The molecular weight excluding hydrogens is 337 g/mol. The summed E-state index contributed by atoms with van der Waals surface area (Å²) < 4.78 is 5.44. The van der Waals surface area contributed by atoms with Gasteiger partial charge in [-0.3, -0.25) is 4.79 Å². The molecule has 1 aliphatic rings. The quantitative estimate of drug-likeness (QED) is 0.887. The highest BCUT2D eigenvalue weighted by molar-refractivity contribution is 6.35. The zero-order valence-electron chi connectivity index (χ0n) is 12.2. The summed E-state index contributed by atoms with van der Waals surface area (Å²) in [7, 11) is 0. The monoisotopic (exact) mass is 351 g/mol. The molecule has 2 aromatic rings. The second kappa shape index (κ2) is 6.79. The van der Waals surface area contributed by atoms with Gasteiger partial charge in [0.1, 0.15) is 5.75 Å². The molecule has 2 N–H and O–H groups in total. The first-order chi connectivity index (χ1) is 11.0. The Kier molecular flexibility index (Phi) is 4.76. The van der Waals surface area contributed by atoms with Crippen LogP contribution in [0.2, 0.25) is 10.0 Å². The molecule has 0 saturated carbocycles. The maximum atomic E-state index is 12.1. The average Bonchev–Trinajstić information content (AvgIpc) is 2.98. The first-order valence-electron chi connectivity index (χ1n) is 7.21. The highest BCUT2D eigenvalue weighted by atomic mass is 35.5. The number of ether oxygens (including phenoxy) is 1. The van der Waals surface area contributed by atoms with Crippen molar-refractivity contribution in [2.45, 2.75) is 12.5 Å². The van der Waals surface area contributed by atoms with Gasteiger partial charge in [-0.05, 0) is 41.5 Å². The van der Waals surface area contributed by atoms with Gasteiger partial charge in [0.15, 0.2) is 0 Å². The summed E-state index contributed by atoms with van der Waals surface area (Å²) in [6, 6.07) is 10.2. The third kappa shape index (κ3) is 3.78. The first kappa shape index (κ1) is 16.1. The van der Waals surface area contributed by atoms with E-state index in [1.165, 1.54) is 12.1 Å². The summed E-state index contributed by atoms with van der Waals surface area (Å²) >= 11 is 11.8. The van der Waals surface area contributed by atoms with Crippen molar-refractivity contribution in [3.05, 3.63) is 63.1 Å². The molecule has 0 aliphatic carbocycles. The fourth-order valence-corrected chi connectivity index (χ4v) is 3.03. The molecule has 0 saturated heterocycles. The Bertz CT molecular complexity index is 728. The summed E-state index contributed by atoms with van der Waals surface area (Å²) in [5, 5.41) is 13.7. The van der Waals surface area contributed by atoms with Crippen LogP contribution in [-0.2, 0) is 6.42 Å². The highest BCUT2D eigenvalue weighted by Gasteiger charge is 2.16. The Morgan fingerprint density at radius 1 is 1.22 bits per heavy atom. The van der Waals surface area contributed by atoms with E-state index < -0.39 is 6.10 Å². The SMILES string of the molecule is O=C(NCC(O)c1ccc2c(c1)CCO2)c1cc(Cl)cc(Cl)c1. The summed E-state index contributed by atoms with van der Waals surface area (Å²) in [5.74, 6) is 0.525. The van der Waals surface area contributed by atoms with Gasteiger partial charge < -0.3 is 15.2 Å². The number of rotatable bonds is 4. The fraction of sp³-hybridized carbons (Fsp3) is 0.235. The van der Waals surface area contributed by atoms with Crippen molar-refractivity contribution >= 4 is 29.1 Å². The van der Waals surface area contributed by atoms with Crippen molar-refractivity contribution in [2.24, 2.45) is 0 Å². The van der Waals surface area contributed by atoms with Crippen LogP contribution < -0.4 is 10.1 Å². The van der Waals surface area contributed by atoms with Crippen molar-refractivity contribution in [1.29, 1.82) is 0 Å². The van der Waals surface area contributed by atoms with Gasteiger partial charge >= 0.3 is 0 Å². The van der Waals surface area contributed by atoms with E-state index in [1.807, 2.05) is 12.1 Å². The molecule has 1 amide bonds. The molecule has 0 fully saturated rings. The Labute approximate surface area is 144 Å². The van der Waals surface area contributed by atoms with Crippen LogP contribution >= 0.6 is 23.2 Å². The Morgan fingerprint density at radius 3 is 2.70 bits per heavy atom.